The Balaban J connectivity index is 2.92. The van der Waals surface area contributed by atoms with Gasteiger partial charge >= 0.3 is 0 Å². The fraction of sp³-hybridized carbons (Fsp3) is 1.00. The van der Waals surface area contributed by atoms with Gasteiger partial charge in [-0.3, -0.25) is 0 Å². The highest BCUT2D eigenvalue weighted by Crippen LogP contribution is 2.00. The molecule has 0 rings (SSSR count). The molecule has 0 saturated carbocycles. The fourth-order valence-corrected chi connectivity index (χ4v) is 1.89. The molecule has 0 aromatic rings. The molecular formula is C16H33ClO6. The van der Waals surface area contributed by atoms with Crippen LogP contribution in [0.25, 0.3) is 0 Å². The summed E-state index contributed by atoms with van der Waals surface area (Å²) in [6.07, 6.45) is 4.54. The molecule has 0 aromatic heterocycles. The quantitative estimate of drug-likeness (QED) is 0.265. The molecule has 0 atom stereocenters. The van der Waals surface area contributed by atoms with Crippen LogP contribution in [-0.4, -0.2) is 83.7 Å². The summed E-state index contributed by atoms with van der Waals surface area (Å²) in [5, 5.41) is 8.50. The third-order valence-corrected chi connectivity index (χ3v) is 3.16. The second kappa shape index (κ2) is 22.1. The van der Waals surface area contributed by atoms with E-state index in [0.717, 1.165) is 25.3 Å². The summed E-state index contributed by atoms with van der Waals surface area (Å²) < 4.78 is 26.6. The van der Waals surface area contributed by atoms with Gasteiger partial charge in [0.1, 0.15) is 0 Å². The van der Waals surface area contributed by atoms with Crippen LogP contribution in [0, 0.1) is 0 Å². The number of ether oxygens (including phenoxy) is 5. The predicted octanol–water partition coefficient (Wildman–Crippen LogP) is 1.86. The first-order chi connectivity index (χ1) is 11.4. The maximum atomic E-state index is 8.50. The van der Waals surface area contributed by atoms with Crippen LogP contribution in [0.2, 0.25) is 0 Å². The molecule has 0 fully saturated rings. The van der Waals surface area contributed by atoms with Gasteiger partial charge in [-0.15, -0.1) is 11.6 Å². The standard InChI is InChI=1S/C16H33ClO6/c17-5-3-1-2-4-7-19-9-11-21-13-15-23-16-14-22-12-10-20-8-6-18/h18H,1-16H2. The zero-order chi connectivity index (χ0) is 16.8. The SMILES string of the molecule is OCCOCCOCCOCCOCCOCCCCCCCl. The minimum absolute atomic E-state index is 0.0444. The first-order valence-electron chi connectivity index (χ1n) is 8.47. The molecule has 0 spiro atoms. The van der Waals surface area contributed by atoms with Crippen LogP contribution >= 0.6 is 11.6 Å². The topological polar surface area (TPSA) is 66.4 Å². The number of hydrogen-bond acceptors (Lipinski definition) is 6. The number of hydrogen-bond donors (Lipinski definition) is 1. The van der Waals surface area contributed by atoms with Crippen molar-refractivity contribution in [2.24, 2.45) is 0 Å². The molecule has 1 N–H and O–H groups in total. The highest BCUT2D eigenvalue weighted by Gasteiger charge is 1.94. The molecule has 0 aromatic carbocycles. The molecule has 7 heteroatoms. The summed E-state index contributed by atoms with van der Waals surface area (Å²) in [6.45, 7) is 5.65. The van der Waals surface area contributed by atoms with Crippen molar-refractivity contribution in [3.8, 4) is 0 Å². The first kappa shape index (κ1) is 23.1. The zero-order valence-electron chi connectivity index (χ0n) is 14.2. The molecule has 23 heavy (non-hydrogen) atoms. The Bertz CT molecular complexity index is 189. The normalized spacial score (nSPS) is 11.2. The van der Waals surface area contributed by atoms with Crippen molar-refractivity contribution in [1.29, 1.82) is 0 Å². The van der Waals surface area contributed by atoms with E-state index in [2.05, 4.69) is 0 Å². The molecule has 6 nitrogen and oxygen atoms in total. The van der Waals surface area contributed by atoms with Gasteiger partial charge in [-0.2, -0.15) is 0 Å². The van der Waals surface area contributed by atoms with Gasteiger partial charge in [0.15, 0.2) is 0 Å². The molecule has 0 aliphatic heterocycles. The third-order valence-electron chi connectivity index (χ3n) is 2.90. The van der Waals surface area contributed by atoms with E-state index in [-0.39, 0.29) is 6.61 Å². The Hall–Kier alpha value is 0.0500. The second-order valence-corrected chi connectivity index (χ2v) is 5.27. The molecular weight excluding hydrogens is 324 g/mol. The van der Waals surface area contributed by atoms with E-state index < -0.39 is 0 Å². The lowest BCUT2D eigenvalue weighted by molar-refractivity contribution is -0.0134. The van der Waals surface area contributed by atoms with Crippen molar-refractivity contribution in [3.05, 3.63) is 0 Å². The lowest BCUT2D eigenvalue weighted by Crippen LogP contribution is -2.13. The molecule has 0 aliphatic rings. The highest BCUT2D eigenvalue weighted by atomic mass is 35.5. The van der Waals surface area contributed by atoms with Gasteiger partial charge in [-0.25, -0.2) is 0 Å². The summed E-state index contributed by atoms with van der Waals surface area (Å²) >= 11 is 5.61. The summed E-state index contributed by atoms with van der Waals surface area (Å²) in [6, 6.07) is 0. The van der Waals surface area contributed by atoms with E-state index in [0.29, 0.717) is 59.5 Å². The number of aliphatic hydroxyl groups excluding tert-OH is 1. The van der Waals surface area contributed by atoms with Gasteiger partial charge in [-0.05, 0) is 12.8 Å². The zero-order valence-corrected chi connectivity index (χ0v) is 14.9. The van der Waals surface area contributed by atoms with Crippen molar-refractivity contribution in [3.63, 3.8) is 0 Å². The van der Waals surface area contributed by atoms with Gasteiger partial charge in [0.05, 0.1) is 66.1 Å². The molecule has 0 unspecified atom stereocenters. The third kappa shape index (κ3) is 22.1. The molecule has 0 bridgehead atoms. The Morgan fingerprint density at radius 3 is 1.30 bits per heavy atom. The number of halogens is 1. The Morgan fingerprint density at radius 2 is 0.870 bits per heavy atom. The van der Waals surface area contributed by atoms with Crippen LogP contribution < -0.4 is 0 Å². The van der Waals surface area contributed by atoms with Crippen LogP contribution in [-0.2, 0) is 23.7 Å². The van der Waals surface area contributed by atoms with E-state index in [4.69, 9.17) is 40.4 Å². The molecule has 140 valence electrons. The van der Waals surface area contributed by atoms with Crippen molar-refractivity contribution in [1.82, 2.24) is 0 Å². The van der Waals surface area contributed by atoms with Crippen molar-refractivity contribution in [2.75, 3.05) is 78.6 Å². The van der Waals surface area contributed by atoms with Gasteiger partial charge in [0.2, 0.25) is 0 Å². The number of aliphatic hydroxyl groups is 1. The summed E-state index contributed by atoms with van der Waals surface area (Å²) in [5.74, 6) is 0.752. The molecule has 0 aliphatic carbocycles. The fourth-order valence-electron chi connectivity index (χ4n) is 1.70. The summed E-state index contributed by atoms with van der Waals surface area (Å²) in [5.41, 5.74) is 0. The molecule has 0 amide bonds. The van der Waals surface area contributed by atoms with E-state index in [1.165, 1.54) is 12.8 Å². The van der Waals surface area contributed by atoms with Crippen LogP contribution in [0.5, 0.6) is 0 Å². The first-order valence-corrected chi connectivity index (χ1v) is 9.00. The van der Waals surface area contributed by atoms with Gasteiger partial charge in [0, 0.05) is 12.5 Å². The van der Waals surface area contributed by atoms with E-state index in [1.54, 1.807) is 0 Å². The number of unbranched alkanes of at least 4 members (excludes halogenated alkanes) is 3. The van der Waals surface area contributed by atoms with Gasteiger partial charge in [0.25, 0.3) is 0 Å². The average Bonchev–Trinajstić information content (AvgIpc) is 2.57. The van der Waals surface area contributed by atoms with Gasteiger partial charge in [-0.1, -0.05) is 12.8 Å². The van der Waals surface area contributed by atoms with Crippen LogP contribution in [0.15, 0.2) is 0 Å². The largest absolute Gasteiger partial charge is 0.394 e. The van der Waals surface area contributed by atoms with Crippen molar-refractivity contribution in [2.45, 2.75) is 25.7 Å². The Morgan fingerprint density at radius 1 is 0.478 bits per heavy atom. The summed E-state index contributed by atoms with van der Waals surface area (Å²) in [7, 11) is 0. The minimum Gasteiger partial charge on any atom is -0.394 e. The molecule has 0 heterocycles. The maximum Gasteiger partial charge on any atom is 0.0701 e. The van der Waals surface area contributed by atoms with Crippen molar-refractivity contribution < 1.29 is 28.8 Å². The smallest absolute Gasteiger partial charge is 0.0701 e. The average molecular weight is 357 g/mol. The van der Waals surface area contributed by atoms with E-state index in [9.17, 15) is 0 Å². The lowest BCUT2D eigenvalue weighted by Gasteiger charge is -2.07. The Labute approximate surface area is 145 Å². The summed E-state index contributed by atoms with van der Waals surface area (Å²) in [4.78, 5) is 0. The lowest BCUT2D eigenvalue weighted by atomic mass is 10.2. The number of alkyl halides is 1. The van der Waals surface area contributed by atoms with Crippen LogP contribution in [0.3, 0.4) is 0 Å². The van der Waals surface area contributed by atoms with Gasteiger partial charge < -0.3 is 28.8 Å². The number of rotatable bonds is 20. The monoisotopic (exact) mass is 356 g/mol. The van der Waals surface area contributed by atoms with Crippen LogP contribution in [0.4, 0.5) is 0 Å². The second-order valence-electron chi connectivity index (χ2n) is 4.89. The molecule has 0 radical (unpaired) electrons. The van der Waals surface area contributed by atoms with E-state index in [1.807, 2.05) is 0 Å². The predicted molar refractivity (Wildman–Crippen MR) is 90.4 cm³/mol. The molecule has 0 saturated heterocycles. The maximum absolute atomic E-state index is 8.50. The Kier molecular flexibility index (Phi) is 22.1. The highest BCUT2D eigenvalue weighted by molar-refractivity contribution is 6.17. The minimum atomic E-state index is 0.0444. The van der Waals surface area contributed by atoms with Crippen LogP contribution in [0.1, 0.15) is 25.7 Å². The van der Waals surface area contributed by atoms with E-state index >= 15 is 0 Å². The van der Waals surface area contributed by atoms with Crippen molar-refractivity contribution >= 4 is 11.6 Å².